The van der Waals surface area contributed by atoms with Gasteiger partial charge in [0.1, 0.15) is 5.82 Å². The fourth-order valence-corrected chi connectivity index (χ4v) is 2.97. The van der Waals surface area contributed by atoms with E-state index in [1.165, 1.54) is 6.07 Å². The molecule has 1 amide bonds. The molecule has 3 heterocycles. The molecule has 0 saturated carbocycles. The number of amides is 1. The number of pyridine rings is 1. The van der Waals surface area contributed by atoms with E-state index in [2.05, 4.69) is 15.0 Å². The van der Waals surface area contributed by atoms with E-state index in [0.717, 1.165) is 5.69 Å². The first-order valence-corrected chi connectivity index (χ1v) is 8.49. The van der Waals surface area contributed by atoms with E-state index in [-0.39, 0.29) is 17.4 Å². The maximum Gasteiger partial charge on any atom is 0.254 e. The number of aromatic nitrogens is 3. The number of hydrogen-bond acceptors (Lipinski definition) is 7. The molecule has 0 aliphatic carbocycles. The molecule has 0 radical (unpaired) electrons. The lowest BCUT2D eigenvalue weighted by molar-refractivity contribution is -0.132. The average molecular weight is 357 g/mol. The van der Waals surface area contributed by atoms with E-state index in [1.54, 1.807) is 6.20 Å². The number of carbonyl (C=O) groups is 1. The third kappa shape index (κ3) is 4.57. The van der Waals surface area contributed by atoms with E-state index < -0.39 is 0 Å². The van der Waals surface area contributed by atoms with Gasteiger partial charge in [-0.05, 0) is 19.2 Å². The van der Waals surface area contributed by atoms with Crippen molar-refractivity contribution in [2.75, 3.05) is 50.4 Å². The smallest absolute Gasteiger partial charge is 0.254 e. The Morgan fingerprint density at radius 2 is 2.08 bits per heavy atom. The van der Waals surface area contributed by atoms with Crippen LogP contribution in [0.1, 0.15) is 5.69 Å². The molecule has 1 aliphatic heterocycles. The summed E-state index contributed by atoms with van der Waals surface area (Å²) in [5.74, 6) is 0.731. The SMILES string of the molecule is CN(CC(=O)N1CCN(c2cc(=O)[nH]c(N)n2)CC1)Cc1ccccn1. The maximum atomic E-state index is 12.5. The molecule has 0 bridgehead atoms. The van der Waals surface area contributed by atoms with Crippen LogP contribution in [0.5, 0.6) is 0 Å². The molecule has 3 N–H and O–H groups in total. The highest BCUT2D eigenvalue weighted by Gasteiger charge is 2.23. The Kier molecular flexibility index (Phi) is 5.47. The number of rotatable bonds is 5. The number of likely N-dealkylation sites (N-methyl/N-ethyl adjacent to an activating group) is 1. The molecule has 9 nitrogen and oxygen atoms in total. The summed E-state index contributed by atoms with van der Waals surface area (Å²) < 4.78 is 0. The molecule has 1 aliphatic rings. The van der Waals surface area contributed by atoms with Gasteiger partial charge in [0.2, 0.25) is 11.9 Å². The maximum absolute atomic E-state index is 12.5. The lowest BCUT2D eigenvalue weighted by atomic mass is 10.3. The van der Waals surface area contributed by atoms with Crippen molar-refractivity contribution in [3.8, 4) is 0 Å². The van der Waals surface area contributed by atoms with Crippen molar-refractivity contribution in [1.82, 2.24) is 24.8 Å². The molecule has 138 valence electrons. The van der Waals surface area contributed by atoms with Gasteiger partial charge >= 0.3 is 0 Å². The van der Waals surface area contributed by atoms with Crippen molar-refractivity contribution in [3.63, 3.8) is 0 Å². The quantitative estimate of drug-likeness (QED) is 0.744. The van der Waals surface area contributed by atoms with E-state index in [4.69, 9.17) is 5.73 Å². The predicted molar refractivity (Wildman–Crippen MR) is 98.6 cm³/mol. The number of nitrogens with one attached hydrogen (secondary N) is 1. The van der Waals surface area contributed by atoms with Crippen molar-refractivity contribution >= 4 is 17.7 Å². The molecule has 3 rings (SSSR count). The van der Waals surface area contributed by atoms with Crippen LogP contribution < -0.4 is 16.2 Å². The zero-order valence-corrected chi connectivity index (χ0v) is 14.8. The Morgan fingerprint density at radius 3 is 2.73 bits per heavy atom. The second kappa shape index (κ2) is 7.96. The van der Waals surface area contributed by atoms with Gasteiger partial charge < -0.3 is 15.5 Å². The van der Waals surface area contributed by atoms with Gasteiger partial charge in [-0.3, -0.25) is 24.5 Å². The lowest BCUT2D eigenvalue weighted by Crippen LogP contribution is -2.51. The minimum absolute atomic E-state index is 0.0847. The van der Waals surface area contributed by atoms with Crippen LogP contribution in [-0.2, 0) is 11.3 Å². The highest BCUT2D eigenvalue weighted by Crippen LogP contribution is 2.12. The molecule has 1 fully saturated rings. The Balaban J connectivity index is 1.51. The van der Waals surface area contributed by atoms with Gasteiger partial charge in [0.15, 0.2) is 0 Å². The number of H-pyrrole nitrogens is 1. The topological polar surface area (TPSA) is 111 Å². The fraction of sp³-hybridized carbons (Fsp3) is 0.412. The summed E-state index contributed by atoms with van der Waals surface area (Å²) in [6.45, 7) is 3.38. The van der Waals surface area contributed by atoms with Gasteiger partial charge in [0.05, 0.1) is 12.2 Å². The number of piperazine rings is 1. The summed E-state index contributed by atoms with van der Waals surface area (Å²) in [4.78, 5) is 40.6. The Bertz CT molecular complexity index is 800. The molecular weight excluding hydrogens is 334 g/mol. The van der Waals surface area contributed by atoms with Gasteiger partial charge in [-0.15, -0.1) is 0 Å². The zero-order chi connectivity index (χ0) is 18.5. The number of carbonyl (C=O) groups excluding carboxylic acids is 1. The van der Waals surface area contributed by atoms with Crippen molar-refractivity contribution in [2.45, 2.75) is 6.54 Å². The number of aromatic amines is 1. The number of hydrogen-bond donors (Lipinski definition) is 2. The first-order chi connectivity index (χ1) is 12.5. The van der Waals surface area contributed by atoms with Crippen LogP contribution in [0, 0.1) is 0 Å². The zero-order valence-electron chi connectivity index (χ0n) is 14.8. The lowest BCUT2D eigenvalue weighted by Gasteiger charge is -2.36. The largest absolute Gasteiger partial charge is 0.369 e. The second-order valence-corrected chi connectivity index (χ2v) is 6.35. The summed E-state index contributed by atoms with van der Waals surface area (Å²) in [7, 11) is 1.91. The van der Waals surface area contributed by atoms with Gasteiger partial charge in [0.25, 0.3) is 5.56 Å². The summed E-state index contributed by atoms with van der Waals surface area (Å²) in [6, 6.07) is 7.18. The minimum Gasteiger partial charge on any atom is -0.369 e. The Hall–Kier alpha value is -2.94. The molecule has 0 aromatic carbocycles. The summed E-state index contributed by atoms with van der Waals surface area (Å²) in [5.41, 5.74) is 6.25. The molecule has 0 atom stereocenters. The third-order valence-corrected chi connectivity index (χ3v) is 4.27. The summed E-state index contributed by atoms with van der Waals surface area (Å²) in [6.07, 6.45) is 1.75. The van der Waals surface area contributed by atoms with Crippen LogP contribution in [0.15, 0.2) is 35.3 Å². The van der Waals surface area contributed by atoms with Crippen LogP contribution in [0.3, 0.4) is 0 Å². The summed E-state index contributed by atoms with van der Waals surface area (Å²) in [5, 5.41) is 0. The van der Waals surface area contributed by atoms with Crippen LogP contribution in [0.25, 0.3) is 0 Å². The number of nitrogens with two attached hydrogens (primary N) is 1. The normalized spacial score (nSPS) is 14.7. The number of anilines is 2. The molecule has 2 aromatic heterocycles. The van der Waals surface area contributed by atoms with E-state index >= 15 is 0 Å². The van der Waals surface area contributed by atoms with E-state index in [1.807, 2.05) is 39.9 Å². The fourth-order valence-electron chi connectivity index (χ4n) is 2.97. The van der Waals surface area contributed by atoms with Crippen LogP contribution in [0.2, 0.25) is 0 Å². The number of nitrogen functional groups attached to an aromatic ring is 1. The van der Waals surface area contributed by atoms with Gasteiger partial charge in [-0.25, -0.2) is 0 Å². The molecule has 9 heteroatoms. The highest BCUT2D eigenvalue weighted by atomic mass is 16.2. The minimum atomic E-state index is -0.276. The first-order valence-electron chi connectivity index (χ1n) is 8.49. The molecular formula is C17H23N7O2. The number of nitrogens with zero attached hydrogens (tertiary/aromatic N) is 5. The highest BCUT2D eigenvalue weighted by molar-refractivity contribution is 5.78. The monoisotopic (exact) mass is 357 g/mol. The molecule has 26 heavy (non-hydrogen) atoms. The van der Waals surface area contributed by atoms with Crippen LogP contribution >= 0.6 is 0 Å². The van der Waals surface area contributed by atoms with Crippen molar-refractivity contribution in [1.29, 1.82) is 0 Å². The van der Waals surface area contributed by atoms with Crippen LogP contribution in [0.4, 0.5) is 11.8 Å². The Labute approximate surface area is 151 Å². The Morgan fingerprint density at radius 1 is 1.31 bits per heavy atom. The summed E-state index contributed by atoms with van der Waals surface area (Å²) >= 11 is 0. The second-order valence-electron chi connectivity index (χ2n) is 6.35. The molecule has 0 spiro atoms. The van der Waals surface area contributed by atoms with Crippen molar-refractivity contribution in [2.24, 2.45) is 0 Å². The van der Waals surface area contributed by atoms with Crippen molar-refractivity contribution < 1.29 is 4.79 Å². The van der Waals surface area contributed by atoms with E-state index in [0.29, 0.717) is 45.1 Å². The van der Waals surface area contributed by atoms with Crippen molar-refractivity contribution in [3.05, 3.63) is 46.5 Å². The molecule has 2 aromatic rings. The van der Waals surface area contributed by atoms with Crippen LogP contribution in [-0.4, -0.2) is 70.4 Å². The average Bonchev–Trinajstić information content (AvgIpc) is 2.61. The van der Waals surface area contributed by atoms with Gasteiger partial charge in [-0.2, -0.15) is 4.98 Å². The molecule has 1 saturated heterocycles. The third-order valence-electron chi connectivity index (χ3n) is 4.27. The first kappa shape index (κ1) is 17.9. The predicted octanol–water partition coefficient (Wildman–Crippen LogP) is -0.472. The standard InChI is InChI=1S/C17H23N7O2/c1-22(11-13-4-2-3-5-19-13)12-16(26)24-8-6-23(7-9-24)14-10-15(25)21-17(18)20-14/h2-5,10H,6-9,11-12H2,1H3,(H3,18,20,21,25). The molecule has 0 unspecified atom stereocenters. The van der Waals surface area contributed by atoms with Gasteiger partial charge in [0, 0.05) is 45.0 Å². The van der Waals surface area contributed by atoms with Gasteiger partial charge in [-0.1, -0.05) is 6.07 Å². The van der Waals surface area contributed by atoms with E-state index in [9.17, 15) is 9.59 Å².